The van der Waals surface area contributed by atoms with Crippen LogP contribution in [0.15, 0.2) is 66.7 Å². The number of para-hydroxylation sites is 1. The van der Waals surface area contributed by atoms with Gasteiger partial charge in [-0.05, 0) is 66.3 Å². The normalized spacial score (nSPS) is 13.0. The van der Waals surface area contributed by atoms with Crippen molar-refractivity contribution in [1.29, 1.82) is 0 Å². The molecule has 4 rings (SSSR count). The van der Waals surface area contributed by atoms with Gasteiger partial charge in [-0.1, -0.05) is 57.5 Å². The largest absolute Gasteiger partial charge is 0.453 e. The van der Waals surface area contributed by atoms with Gasteiger partial charge >= 0.3 is 0 Å². The summed E-state index contributed by atoms with van der Waals surface area (Å²) in [5.41, 5.74) is 5.98. The monoisotopic (exact) mass is 357 g/mol. The van der Waals surface area contributed by atoms with Crippen molar-refractivity contribution in [3.8, 4) is 11.5 Å². The third kappa shape index (κ3) is 3.21. The first kappa shape index (κ1) is 17.7. The van der Waals surface area contributed by atoms with Gasteiger partial charge in [0.1, 0.15) is 0 Å². The van der Waals surface area contributed by atoms with Gasteiger partial charge in [0.15, 0.2) is 11.5 Å². The summed E-state index contributed by atoms with van der Waals surface area (Å²) >= 11 is 0. The lowest BCUT2D eigenvalue weighted by Gasteiger charge is -2.34. The van der Waals surface area contributed by atoms with E-state index in [4.69, 9.17) is 4.74 Å². The Labute approximate surface area is 162 Å². The molecule has 138 valence electrons. The van der Waals surface area contributed by atoms with Crippen LogP contribution in [0.3, 0.4) is 0 Å². The standard InChI is InChI=1S/C25H27NO/c1-5-15-25(3,4)19-12-14-22-24(17-19)27-23-16-18(2)11-13-21(23)26(22)20-9-7-6-8-10-20/h6-14,16-17H,5,15H2,1-4H3. The predicted octanol–water partition coefficient (Wildman–Crippen LogP) is 7.65. The molecule has 0 bridgehead atoms. The molecule has 0 saturated heterocycles. The average Bonchev–Trinajstić information content (AvgIpc) is 2.66. The molecule has 27 heavy (non-hydrogen) atoms. The van der Waals surface area contributed by atoms with Crippen LogP contribution in [0.4, 0.5) is 17.1 Å². The third-order valence-electron chi connectivity index (χ3n) is 5.45. The number of ether oxygens (including phenoxy) is 1. The van der Waals surface area contributed by atoms with Crippen LogP contribution in [0.25, 0.3) is 0 Å². The minimum Gasteiger partial charge on any atom is -0.453 e. The lowest BCUT2D eigenvalue weighted by atomic mass is 9.80. The number of hydrogen-bond donors (Lipinski definition) is 0. The van der Waals surface area contributed by atoms with Gasteiger partial charge in [0, 0.05) is 5.69 Å². The van der Waals surface area contributed by atoms with Gasteiger partial charge in [0.2, 0.25) is 0 Å². The predicted molar refractivity (Wildman–Crippen MR) is 114 cm³/mol. The lowest BCUT2D eigenvalue weighted by Crippen LogP contribution is -2.19. The molecule has 0 fully saturated rings. The summed E-state index contributed by atoms with van der Waals surface area (Å²) in [5, 5.41) is 0. The van der Waals surface area contributed by atoms with Crippen molar-refractivity contribution < 1.29 is 4.74 Å². The van der Waals surface area contributed by atoms with Crippen LogP contribution in [-0.2, 0) is 5.41 Å². The topological polar surface area (TPSA) is 12.5 Å². The van der Waals surface area contributed by atoms with Gasteiger partial charge in [-0.15, -0.1) is 0 Å². The van der Waals surface area contributed by atoms with Gasteiger partial charge in [-0.2, -0.15) is 0 Å². The van der Waals surface area contributed by atoms with E-state index in [9.17, 15) is 0 Å². The molecule has 3 aromatic carbocycles. The van der Waals surface area contributed by atoms with Crippen molar-refractivity contribution in [2.45, 2.75) is 46.0 Å². The summed E-state index contributed by atoms with van der Waals surface area (Å²) in [4.78, 5) is 2.30. The maximum absolute atomic E-state index is 6.38. The van der Waals surface area contributed by atoms with Crippen LogP contribution >= 0.6 is 0 Å². The first-order valence-electron chi connectivity index (χ1n) is 9.78. The molecule has 0 aromatic heterocycles. The van der Waals surface area contributed by atoms with E-state index in [1.165, 1.54) is 17.5 Å². The molecule has 1 heterocycles. The molecule has 0 radical (unpaired) electrons. The molecular weight excluding hydrogens is 330 g/mol. The second-order valence-electron chi connectivity index (χ2n) is 8.06. The Bertz CT molecular complexity index is 959. The fourth-order valence-electron chi connectivity index (χ4n) is 3.96. The zero-order chi connectivity index (χ0) is 19.0. The number of anilines is 3. The summed E-state index contributed by atoms with van der Waals surface area (Å²) in [5.74, 6) is 1.84. The first-order valence-corrected chi connectivity index (χ1v) is 9.78. The van der Waals surface area contributed by atoms with Crippen LogP contribution in [0.1, 0.15) is 44.7 Å². The Morgan fingerprint density at radius 3 is 2.22 bits per heavy atom. The maximum Gasteiger partial charge on any atom is 0.151 e. The molecule has 0 unspecified atom stereocenters. The Morgan fingerprint density at radius 2 is 1.52 bits per heavy atom. The third-order valence-corrected chi connectivity index (χ3v) is 5.45. The molecule has 3 aromatic rings. The maximum atomic E-state index is 6.38. The fourth-order valence-corrected chi connectivity index (χ4v) is 3.96. The minimum atomic E-state index is 0.137. The van der Waals surface area contributed by atoms with E-state index < -0.39 is 0 Å². The summed E-state index contributed by atoms with van der Waals surface area (Å²) in [6.45, 7) is 8.97. The zero-order valence-electron chi connectivity index (χ0n) is 16.6. The highest BCUT2D eigenvalue weighted by atomic mass is 16.5. The highest BCUT2D eigenvalue weighted by Crippen LogP contribution is 2.51. The van der Waals surface area contributed by atoms with Crippen molar-refractivity contribution in [1.82, 2.24) is 0 Å². The Kier molecular flexibility index (Phi) is 4.43. The van der Waals surface area contributed by atoms with Crippen molar-refractivity contribution in [2.24, 2.45) is 0 Å². The van der Waals surface area contributed by atoms with Crippen molar-refractivity contribution >= 4 is 17.1 Å². The van der Waals surface area contributed by atoms with E-state index in [1.54, 1.807) is 0 Å². The summed E-state index contributed by atoms with van der Waals surface area (Å²) in [6, 6.07) is 23.6. The molecule has 0 saturated carbocycles. The number of rotatable bonds is 4. The SMILES string of the molecule is CCCC(C)(C)c1ccc2c(c1)Oc1cc(C)ccc1N2c1ccccc1. The second kappa shape index (κ2) is 6.77. The number of benzene rings is 3. The van der Waals surface area contributed by atoms with Gasteiger partial charge in [-0.3, -0.25) is 0 Å². The van der Waals surface area contributed by atoms with E-state index in [2.05, 4.69) is 99.3 Å². The van der Waals surface area contributed by atoms with Crippen LogP contribution in [0.2, 0.25) is 0 Å². The Balaban J connectivity index is 1.87. The fraction of sp³-hybridized carbons (Fsp3) is 0.280. The molecule has 1 aliphatic heterocycles. The molecule has 0 N–H and O–H groups in total. The molecule has 1 aliphatic rings. The van der Waals surface area contributed by atoms with E-state index >= 15 is 0 Å². The summed E-state index contributed by atoms with van der Waals surface area (Å²) in [7, 11) is 0. The van der Waals surface area contributed by atoms with Crippen LogP contribution in [0, 0.1) is 6.92 Å². The first-order chi connectivity index (χ1) is 13.0. The second-order valence-corrected chi connectivity index (χ2v) is 8.06. The van der Waals surface area contributed by atoms with E-state index in [0.717, 1.165) is 35.0 Å². The van der Waals surface area contributed by atoms with E-state index in [-0.39, 0.29) is 5.41 Å². The van der Waals surface area contributed by atoms with Crippen LogP contribution < -0.4 is 9.64 Å². The van der Waals surface area contributed by atoms with Crippen molar-refractivity contribution in [3.63, 3.8) is 0 Å². The van der Waals surface area contributed by atoms with Gasteiger partial charge < -0.3 is 9.64 Å². The van der Waals surface area contributed by atoms with Crippen molar-refractivity contribution in [2.75, 3.05) is 4.90 Å². The number of fused-ring (bicyclic) bond motifs is 2. The molecule has 2 heteroatoms. The lowest BCUT2D eigenvalue weighted by molar-refractivity contribution is 0.455. The number of nitrogens with zero attached hydrogens (tertiary/aromatic N) is 1. The molecule has 0 aliphatic carbocycles. The Hall–Kier alpha value is -2.74. The number of aryl methyl sites for hydroxylation is 1. The zero-order valence-corrected chi connectivity index (χ0v) is 16.6. The van der Waals surface area contributed by atoms with Gasteiger partial charge in [-0.25, -0.2) is 0 Å². The highest BCUT2D eigenvalue weighted by molar-refractivity contribution is 5.86. The molecule has 0 spiro atoms. The van der Waals surface area contributed by atoms with E-state index in [0.29, 0.717) is 0 Å². The molecule has 0 amide bonds. The summed E-state index contributed by atoms with van der Waals surface area (Å²) < 4.78 is 6.38. The quantitative estimate of drug-likeness (QED) is 0.372. The van der Waals surface area contributed by atoms with Gasteiger partial charge in [0.25, 0.3) is 0 Å². The minimum absolute atomic E-state index is 0.137. The van der Waals surface area contributed by atoms with Crippen LogP contribution in [-0.4, -0.2) is 0 Å². The van der Waals surface area contributed by atoms with Gasteiger partial charge in [0.05, 0.1) is 11.4 Å². The van der Waals surface area contributed by atoms with Crippen molar-refractivity contribution in [3.05, 3.63) is 77.9 Å². The molecular formula is C25H27NO. The molecule has 2 nitrogen and oxygen atoms in total. The average molecular weight is 357 g/mol. The highest BCUT2D eigenvalue weighted by Gasteiger charge is 2.28. The summed E-state index contributed by atoms with van der Waals surface area (Å²) in [6.07, 6.45) is 2.33. The Morgan fingerprint density at radius 1 is 0.852 bits per heavy atom. The van der Waals surface area contributed by atoms with E-state index in [1.807, 2.05) is 0 Å². The molecule has 0 atom stereocenters. The number of hydrogen-bond acceptors (Lipinski definition) is 2. The van der Waals surface area contributed by atoms with Crippen LogP contribution in [0.5, 0.6) is 11.5 Å². The smallest absolute Gasteiger partial charge is 0.151 e.